The van der Waals surface area contributed by atoms with E-state index in [1.165, 1.54) is 4.90 Å². The third-order valence-corrected chi connectivity index (χ3v) is 2.55. The van der Waals surface area contributed by atoms with E-state index in [0.29, 0.717) is 24.5 Å². The summed E-state index contributed by atoms with van der Waals surface area (Å²) in [5.41, 5.74) is 6.65. The minimum atomic E-state index is -0.302. The molecular formula is C12H19N3O3. The van der Waals surface area contributed by atoms with Crippen LogP contribution in [0.4, 0.5) is 5.69 Å². The second kappa shape index (κ2) is 6.09. The van der Waals surface area contributed by atoms with Crippen molar-refractivity contribution in [1.29, 1.82) is 0 Å². The summed E-state index contributed by atoms with van der Waals surface area (Å²) >= 11 is 0. The van der Waals surface area contributed by atoms with Gasteiger partial charge >= 0.3 is 5.97 Å². The Morgan fingerprint density at radius 3 is 2.67 bits per heavy atom. The number of esters is 1. The van der Waals surface area contributed by atoms with Gasteiger partial charge in [-0.2, -0.15) is 0 Å². The molecule has 6 heteroatoms. The maximum atomic E-state index is 12.0. The van der Waals surface area contributed by atoms with E-state index in [0.717, 1.165) is 0 Å². The second-order valence-electron chi connectivity index (χ2n) is 4.05. The summed E-state index contributed by atoms with van der Waals surface area (Å²) in [5.74, 6) is -0.470. The molecule has 0 saturated heterocycles. The Kier molecular flexibility index (Phi) is 4.76. The van der Waals surface area contributed by atoms with Gasteiger partial charge in [-0.05, 0) is 13.0 Å². The molecule has 1 aromatic rings. The number of aryl methyl sites for hydroxylation is 1. The summed E-state index contributed by atoms with van der Waals surface area (Å²) in [7, 11) is 3.40. The minimum Gasteiger partial charge on any atom is -0.466 e. The number of hydrogen-bond acceptors (Lipinski definition) is 4. The molecular weight excluding hydrogens is 234 g/mol. The quantitative estimate of drug-likeness (QED) is 0.781. The topological polar surface area (TPSA) is 77.6 Å². The fourth-order valence-corrected chi connectivity index (χ4v) is 1.59. The predicted molar refractivity (Wildman–Crippen MR) is 68.0 cm³/mol. The average molecular weight is 253 g/mol. The molecule has 0 unspecified atom stereocenters. The lowest BCUT2D eigenvalue weighted by Gasteiger charge is -2.16. The average Bonchev–Trinajstić information content (AvgIpc) is 2.64. The van der Waals surface area contributed by atoms with Crippen molar-refractivity contribution >= 4 is 17.6 Å². The van der Waals surface area contributed by atoms with Crippen LogP contribution in [0.25, 0.3) is 0 Å². The Hall–Kier alpha value is -1.98. The molecule has 0 aliphatic carbocycles. The summed E-state index contributed by atoms with van der Waals surface area (Å²) in [4.78, 5) is 24.7. The molecule has 0 saturated carbocycles. The molecule has 0 aromatic carbocycles. The number of carbonyl (C=O) groups is 2. The van der Waals surface area contributed by atoms with Crippen LogP contribution in [-0.2, 0) is 16.6 Å². The number of nitrogens with zero attached hydrogens (tertiary/aromatic N) is 2. The van der Waals surface area contributed by atoms with E-state index >= 15 is 0 Å². The predicted octanol–water partition coefficient (Wildman–Crippen LogP) is 0.632. The molecule has 0 fully saturated rings. The van der Waals surface area contributed by atoms with Gasteiger partial charge in [0.25, 0.3) is 5.91 Å². The van der Waals surface area contributed by atoms with Crippen LogP contribution in [0.3, 0.4) is 0 Å². The van der Waals surface area contributed by atoms with E-state index in [9.17, 15) is 9.59 Å². The number of anilines is 1. The summed E-state index contributed by atoms with van der Waals surface area (Å²) in [5, 5.41) is 0. The monoisotopic (exact) mass is 253 g/mol. The van der Waals surface area contributed by atoms with Gasteiger partial charge in [-0.25, -0.2) is 0 Å². The van der Waals surface area contributed by atoms with Crippen LogP contribution in [0.1, 0.15) is 23.8 Å². The van der Waals surface area contributed by atoms with Crippen LogP contribution in [0.5, 0.6) is 0 Å². The van der Waals surface area contributed by atoms with Crippen LogP contribution >= 0.6 is 0 Å². The number of aromatic nitrogens is 1. The molecule has 0 atom stereocenters. The summed E-state index contributed by atoms with van der Waals surface area (Å²) in [6.45, 7) is 2.42. The number of nitrogen functional groups attached to an aromatic ring is 1. The van der Waals surface area contributed by atoms with Gasteiger partial charge < -0.3 is 19.9 Å². The third kappa shape index (κ3) is 3.51. The fraction of sp³-hybridized carbons (Fsp3) is 0.500. The summed E-state index contributed by atoms with van der Waals surface area (Å²) in [6, 6.07) is 1.61. The van der Waals surface area contributed by atoms with E-state index in [4.69, 9.17) is 10.5 Å². The Bertz CT molecular complexity index is 440. The molecule has 1 heterocycles. The van der Waals surface area contributed by atoms with Gasteiger partial charge in [-0.15, -0.1) is 0 Å². The van der Waals surface area contributed by atoms with E-state index in [1.807, 2.05) is 0 Å². The van der Waals surface area contributed by atoms with Gasteiger partial charge in [-0.3, -0.25) is 9.59 Å². The number of nitrogens with two attached hydrogens (primary N) is 1. The highest BCUT2D eigenvalue weighted by Gasteiger charge is 2.16. The van der Waals surface area contributed by atoms with E-state index in [2.05, 4.69) is 0 Å². The van der Waals surface area contributed by atoms with Gasteiger partial charge in [0.05, 0.1) is 18.7 Å². The first-order valence-electron chi connectivity index (χ1n) is 5.78. The zero-order valence-electron chi connectivity index (χ0n) is 11.0. The van der Waals surface area contributed by atoms with Gasteiger partial charge in [-0.1, -0.05) is 0 Å². The molecule has 0 aliphatic heterocycles. The van der Waals surface area contributed by atoms with Crippen molar-refractivity contribution in [2.24, 2.45) is 7.05 Å². The highest BCUT2D eigenvalue weighted by Crippen LogP contribution is 2.11. The summed E-state index contributed by atoms with van der Waals surface area (Å²) in [6.07, 6.45) is 1.86. The highest BCUT2D eigenvalue weighted by atomic mass is 16.5. The lowest BCUT2D eigenvalue weighted by atomic mass is 10.3. The molecule has 2 N–H and O–H groups in total. The lowest BCUT2D eigenvalue weighted by Crippen LogP contribution is -2.30. The molecule has 1 aromatic heterocycles. The standard InChI is InChI=1S/C12H19N3O3/c1-4-18-11(16)5-6-14(2)12(17)10-7-9(13)8-15(10)3/h7-8H,4-6,13H2,1-3H3. The van der Waals surface area contributed by atoms with Gasteiger partial charge in [0.1, 0.15) is 5.69 Å². The lowest BCUT2D eigenvalue weighted by molar-refractivity contribution is -0.143. The molecule has 1 amide bonds. The maximum absolute atomic E-state index is 12.0. The maximum Gasteiger partial charge on any atom is 0.307 e. The van der Waals surface area contributed by atoms with Crippen LogP contribution in [-0.4, -0.2) is 41.5 Å². The molecule has 0 spiro atoms. The fourth-order valence-electron chi connectivity index (χ4n) is 1.59. The Morgan fingerprint density at radius 2 is 2.17 bits per heavy atom. The van der Waals surface area contributed by atoms with Crippen LogP contribution in [0.15, 0.2) is 12.3 Å². The zero-order valence-corrected chi connectivity index (χ0v) is 11.0. The highest BCUT2D eigenvalue weighted by molar-refractivity contribution is 5.93. The SMILES string of the molecule is CCOC(=O)CCN(C)C(=O)c1cc(N)cn1C. The van der Waals surface area contributed by atoms with E-state index in [1.54, 1.807) is 37.8 Å². The molecule has 0 aliphatic rings. The van der Waals surface area contributed by atoms with Gasteiger partial charge in [0.15, 0.2) is 0 Å². The normalized spacial score (nSPS) is 10.2. The largest absolute Gasteiger partial charge is 0.466 e. The second-order valence-corrected chi connectivity index (χ2v) is 4.05. The number of rotatable bonds is 5. The number of amides is 1. The van der Waals surface area contributed by atoms with E-state index < -0.39 is 0 Å². The van der Waals surface area contributed by atoms with Crippen molar-refractivity contribution in [1.82, 2.24) is 9.47 Å². The Morgan fingerprint density at radius 1 is 1.50 bits per heavy atom. The molecule has 6 nitrogen and oxygen atoms in total. The Labute approximate surface area is 106 Å². The van der Waals surface area contributed by atoms with Crippen molar-refractivity contribution in [3.05, 3.63) is 18.0 Å². The summed E-state index contributed by atoms with van der Waals surface area (Å²) < 4.78 is 6.47. The molecule has 18 heavy (non-hydrogen) atoms. The van der Waals surface area contributed by atoms with E-state index in [-0.39, 0.29) is 18.3 Å². The van der Waals surface area contributed by atoms with Gasteiger partial charge in [0.2, 0.25) is 0 Å². The molecule has 0 radical (unpaired) electrons. The molecule has 0 bridgehead atoms. The van der Waals surface area contributed by atoms with Crippen molar-refractivity contribution in [3.8, 4) is 0 Å². The minimum absolute atomic E-state index is 0.168. The van der Waals surface area contributed by atoms with Crippen LogP contribution < -0.4 is 5.73 Å². The van der Waals surface area contributed by atoms with Crippen LogP contribution in [0.2, 0.25) is 0 Å². The first-order chi connectivity index (χ1) is 8.45. The van der Waals surface area contributed by atoms with Crippen LogP contribution in [0, 0.1) is 0 Å². The van der Waals surface area contributed by atoms with Crippen molar-refractivity contribution in [2.75, 3.05) is 25.9 Å². The zero-order chi connectivity index (χ0) is 13.7. The first-order valence-corrected chi connectivity index (χ1v) is 5.78. The first kappa shape index (κ1) is 14.1. The smallest absolute Gasteiger partial charge is 0.307 e. The van der Waals surface area contributed by atoms with Crippen molar-refractivity contribution in [3.63, 3.8) is 0 Å². The Balaban J connectivity index is 2.57. The molecule has 1 rings (SSSR count). The van der Waals surface area contributed by atoms with Crippen molar-refractivity contribution < 1.29 is 14.3 Å². The number of carbonyl (C=O) groups excluding carboxylic acids is 2. The van der Waals surface area contributed by atoms with Gasteiger partial charge in [0, 0.05) is 26.8 Å². The van der Waals surface area contributed by atoms with Crippen molar-refractivity contribution in [2.45, 2.75) is 13.3 Å². The number of hydrogen-bond donors (Lipinski definition) is 1. The number of ether oxygens (including phenoxy) is 1. The molecule has 100 valence electrons. The third-order valence-electron chi connectivity index (χ3n) is 2.55.